The van der Waals surface area contributed by atoms with Gasteiger partial charge < -0.3 is 14.8 Å². The molecule has 17 heavy (non-hydrogen) atoms. The summed E-state index contributed by atoms with van der Waals surface area (Å²) in [6.07, 6.45) is 2.11. The summed E-state index contributed by atoms with van der Waals surface area (Å²) >= 11 is 0. The van der Waals surface area contributed by atoms with Crippen molar-refractivity contribution in [3.05, 3.63) is 29.8 Å². The van der Waals surface area contributed by atoms with Crippen LogP contribution in [0.15, 0.2) is 24.3 Å². The van der Waals surface area contributed by atoms with Gasteiger partial charge in [-0.3, -0.25) is 0 Å². The molecule has 0 amide bonds. The summed E-state index contributed by atoms with van der Waals surface area (Å²) in [6.45, 7) is 5.60. The highest BCUT2D eigenvalue weighted by Crippen LogP contribution is 2.12. The van der Waals surface area contributed by atoms with Gasteiger partial charge in [-0.15, -0.1) is 0 Å². The van der Waals surface area contributed by atoms with Crippen molar-refractivity contribution in [1.82, 2.24) is 5.32 Å². The predicted octanol–water partition coefficient (Wildman–Crippen LogP) is 2.25. The Morgan fingerprint density at radius 3 is 2.47 bits per heavy atom. The molecule has 0 heterocycles. The number of hydrogen-bond acceptors (Lipinski definition) is 3. The summed E-state index contributed by atoms with van der Waals surface area (Å²) in [4.78, 5) is 0. The van der Waals surface area contributed by atoms with E-state index in [1.165, 1.54) is 5.56 Å². The van der Waals surface area contributed by atoms with Crippen molar-refractivity contribution in [1.29, 1.82) is 0 Å². The lowest BCUT2D eigenvalue weighted by Crippen LogP contribution is -2.21. The van der Waals surface area contributed by atoms with Crippen LogP contribution >= 0.6 is 0 Å². The highest BCUT2D eigenvalue weighted by atomic mass is 16.5. The molecule has 1 rings (SSSR count). The number of methoxy groups -OCH3 is 1. The maximum absolute atomic E-state index is 5.62. The molecule has 0 saturated carbocycles. The van der Waals surface area contributed by atoms with Gasteiger partial charge in [-0.1, -0.05) is 19.1 Å². The fraction of sp³-hybridized carbons (Fsp3) is 0.571. The van der Waals surface area contributed by atoms with Crippen molar-refractivity contribution in [2.24, 2.45) is 0 Å². The second kappa shape index (κ2) is 9.02. The van der Waals surface area contributed by atoms with Crippen molar-refractivity contribution in [2.75, 3.05) is 33.4 Å². The summed E-state index contributed by atoms with van der Waals surface area (Å²) in [7, 11) is 1.72. The molecule has 3 nitrogen and oxygen atoms in total. The Morgan fingerprint density at radius 2 is 1.82 bits per heavy atom. The van der Waals surface area contributed by atoms with E-state index in [1.807, 2.05) is 12.1 Å². The molecule has 0 aliphatic rings. The summed E-state index contributed by atoms with van der Waals surface area (Å²) in [6, 6.07) is 8.22. The minimum absolute atomic E-state index is 0.720. The van der Waals surface area contributed by atoms with E-state index in [-0.39, 0.29) is 0 Å². The third kappa shape index (κ3) is 6.29. The lowest BCUT2D eigenvalue weighted by molar-refractivity contribution is 0.202. The van der Waals surface area contributed by atoms with Gasteiger partial charge in [0.25, 0.3) is 0 Å². The molecule has 1 N–H and O–H groups in total. The summed E-state index contributed by atoms with van der Waals surface area (Å²) in [5.41, 5.74) is 1.28. The summed E-state index contributed by atoms with van der Waals surface area (Å²) < 4.78 is 10.7. The van der Waals surface area contributed by atoms with E-state index in [0.717, 1.165) is 44.9 Å². The van der Waals surface area contributed by atoms with Crippen LogP contribution in [0.4, 0.5) is 0 Å². The topological polar surface area (TPSA) is 30.5 Å². The van der Waals surface area contributed by atoms with Gasteiger partial charge in [-0.05, 0) is 37.1 Å². The standard InChI is InChI=1S/C14H23NO2/c1-3-9-15-10-12-17-14-6-4-13(5-7-14)8-11-16-2/h4-7,15H,3,8-12H2,1-2H3. The molecule has 0 aromatic heterocycles. The van der Waals surface area contributed by atoms with E-state index >= 15 is 0 Å². The van der Waals surface area contributed by atoms with E-state index in [1.54, 1.807) is 7.11 Å². The number of ether oxygens (including phenoxy) is 2. The maximum atomic E-state index is 5.62. The van der Waals surface area contributed by atoms with Crippen molar-refractivity contribution >= 4 is 0 Å². The van der Waals surface area contributed by atoms with Crippen LogP contribution in [-0.4, -0.2) is 33.4 Å². The van der Waals surface area contributed by atoms with Crippen molar-refractivity contribution < 1.29 is 9.47 Å². The molecule has 1 aromatic rings. The first kappa shape index (κ1) is 14.0. The Morgan fingerprint density at radius 1 is 1.06 bits per heavy atom. The molecular formula is C14H23NO2. The van der Waals surface area contributed by atoms with Gasteiger partial charge in [0, 0.05) is 13.7 Å². The zero-order valence-corrected chi connectivity index (χ0v) is 10.9. The second-order valence-corrected chi connectivity index (χ2v) is 3.99. The summed E-state index contributed by atoms with van der Waals surface area (Å²) in [5.74, 6) is 0.935. The molecule has 3 heteroatoms. The van der Waals surface area contributed by atoms with Gasteiger partial charge in [-0.2, -0.15) is 0 Å². The smallest absolute Gasteiger partial charge is 0.119 e. The molecule has 0 spiro atoms. The molecule has 0 unspecified atom stereocenters. The van der Waals surface area contributed by atoms with Gasteiger partial charge in [0.05, 0.1) is 6.61 Å². The highest BCUT2D eigenvalue weighted by molar-refractivity contribution is 5.27. The van der Waals surface area contributed by atoms with Gasteiger partial charge in [-0.25, -0.2) is 0 Å². The number of rotatable bonds is 9. The van der Waals surface area contributed by atoms with Crippen LogP contribution in [0.25, 0.3) is 0 Å². The van der Waals surface area contributed by atoms with Crippen molar-refractivity contribution in [2.45, 2.75) is 19.8 Å². The Hall–Kier alpha value is -1.06. The Labute approximate surface area is 104 Å². The molecule has 1 aromatic carbocycles. The third-order valence-corrected chi connectivity index (χ3v) is 2.49. The Kier molecular flexibility index (Phi) is 7.43. The van der Waals surface area contributed by atoms with E-state index < -0.39 is 0 Å². The molecule has 0 saturated heterocycles. The average molecular weight is 237 g/mol. The highest BCUT2D eigenvalue weighted by Gasteiger charge is 1.95. The zero-order valence-electron chi connectivity index (χ0n) is 10.9. The SMILES string of the molecule is CCCNCCOc1ccc(CCOC)cc1. The fourth-order valence-corrected chi connectivity index (χ4v) is 1.52. The quantitative estimate of drug-likeness (QED) is 0.668. The van der Waals surface area contributed by atoms with Gasteiger partial charge in [0.1, 0.15) is 12.4 Å². The molecule has 0 fully saturated rings. The largest absolute Gasteiger partial charge is 0.492 e. The second-order valence-electron chi connectivity index (χ2n) is 3.99. The fourth-order valence-electron chi connectivity index (χ4n) is 1.52. The van der Waals surface area contributed by atoms with Crippen LogP contribution in [0.3, 0.4) is 0 Å². The lowest BCUT2D eigenvalue weighted by atomic mass is 10.1. The van der Waals surface area contributed by atoms with E-state index in [9.17, 15) is 0 Å². The van der Waals surface area contributed by atoms with Crippen molar-refractivity contribution in [3.63, 3.8) is 0 Å². The normalized spacial score (nSPS) is 10.5. The average Bonchev–Trinajstić information content (AvgIpc) is 2.37. The maximum Gasteiger partial charge on any atom is 0.119 e. The molecular weight excluding hydrogens is 214 g/mol. The van der Waals surface area contributed by atoms with E-state index in [4.69, 9.17) is 9.47 Å². The first-order valence-electron chi connectivity index (χ1n) is 6.28. The van der Waals surface area contributed by atoms with Crippen LogP contribution in [-0.2, 0) is 11.2 Å². The van der Waals surface area contributed by atoms with Crippen LogP contribution < -0.4 is 10.1 Å². The first-order chi connectivity index (χ1) is 8.36. The Balaban J connectivity index is 2.20. The van der Waals surface area contributed by atoms with E-state index in [2.05, 4.69) is 24.4 Å². The Bertz CT molecular complexity index is 285. The number of nitrogens with one attached hydrogen (secondary N) is 1. The first-order valence-corrected chi connectivity index (χ1v) is 6.28. The molecule has 0 aliphatic carbocycles. The minimum Gasteiger partial charge on any atom is -0.492 e. The van der Waals surface area contributed by atoms with Gasteiger partial charge in [0.2, 0.25) is 0 Å². The molecule has 0 bridgehead atoms. The minimum atomic E-state index is 0.720. The molecule has 96 valence electrons. The number of hydrogen-bond donors (Lipinski definition) is 1. The molecule has 0 radical (unpaired) electrons. The number of benzene rings is 1. The van der Waals surface area contributed by atoms with Crippen LogP contribution in [0.5, 0.6) is 5.75 Å². The van der Waals surface area contributed by atoms with Crippen LogP contribution in [0.1, 0.15) is 18.9 Å². The van der Waals surface area contributed by atoms with Crippen molar-refractivity contribution in [3.8, 4) is 5.75 Å². The zero-order chi connectivity index (χ0) is 12.3. The van der Waals surface area contributed by atoms with Crippen LogP contribution in [0.2, 0.25) is 0 Å². The van der Waals surface area contributed by atoms with Gasteiger partial charge in [0.15, 0.2) is 0 Å². The predicted molar refractivity (Wildman–Crippen MR) is 70.7 cm³/mol. The lowest BCUT2D eigenvalue weighted by Gasteiger charge is -2.07. The monoisotopic (exact) mass is 237 g/mol. The molecule has 0 atom stereocenters. The third-order valence-electron chi connectivity index (χ3n) is 2.49. The summed E-state index contributed by atoms with van der Waals surface area (Å²) in [5, 5.41) is 3.30. The van der Waals surface area contributed by atoms with Crippen LogP contribution in [0, 0.1) is 0 Å². The van der Waals surface area contributed by atoms with E-state index in [0.29, 0.717) is 0 Å². The molecule has 0 aliphatic heterocycles. The van der Waals surface area contributed by atoms with Gasteiger partial charge >= 0.3 is 0 Å².